The zero-order valence-electron chi connectivity index (χ0n) is 25.7. The van der Waals surface area contributed by atoms with Crippen LogP contribution in [0.1, 0.15) is 5.56 Å². The van der Waals surface area contributed by atoms with E-state index in [4.69, 9.17) is 4.74 Å². The van der Waals surface area contributed by atoms with Gasteiger partial charge in [-0.15, -0.1) is 0 Å². The quantitative estimate of drug-likeness (QED) is 0.187. The third-order valence-corrected chi connectivity index (χ3v) is 8.72. The summed E-state index contributed by atoms with van der Waals surface area (Å²) in [6, 6.07) is 54.4. The molecule has 0 spiro atoms. The molecule has 0 aromatic heterocycles. The Morgan fingerprint density at radius 3 is 1.12 bits per heavy atom. The number of hydrogen-bond acceptors (Lipinski definition) is 2. The van der Waals surface area contributed by atoms with E-state index >= 15 is 0 Å². The van der Waals surface area contributed by atoms with Crippen LogP contribution >= 0.6 is 0 Å². The summed E-state index contributed by atoms with van der Waals surface area (Å²) in [5, 5.41) is 0. The summed E-state index contributed by atoms with van der Waals surface area (Å²) in [5.74, 6) is 1.23. The monoisotopic (exact) mass is 631 g/mol. The third-order valence-electron chi connectivity index (χ3n) is 8.72. The highest BCUT2D eigenvalue weighted by atomic mass is 19.4. The molecule has 0 saturated carbocycles. The lowest BCUT2D eigenvalue weighted by molar-refractivity contribution is -0.137. The zero-order chi connectivity index (χ0) is 32.7. The van der Waals surface area contributed by atoms with E-state index in [0.29, 0.717) is 17.2 Å². The van der Waals surface area contributed by atoms with Crippen molar-refractivity contribution >= 4 is 17.1 Å². The van der Waals surface area contributed by atoms with E-state index in [2.05, 4.69) is 72.8 Å². The molecule has 7 aromatic rings. The maximum Gasteiger partial charge on any atom is 0.416 e. The van der Waals surface area contributed by atoms with Crippen LogP contribution in [0.4, 0.5) is 30.2 Å². The maximum atomic E-state index is 13.5. The molecule has 8 rings (SSSR count). The van der Waals surface area contributed by atoms with E-state index < -0.39 is 11.7 Å². The third kappa shape index (κ3) is 5.60. The lowest BCUT2D eigenvalue weighted by atomic mass is 9.98. The van der Waals surface area contributed by atoms with Gasteiger partial charge in [-0.1, -0.05) is 121 Å². The van der Waals surface area contributed by atoms with E-state index in [1.807, 2.05) is 77.7 Å². The first-order chi connectivity index (χ1) is 23.4. The average molecular weight is 632 g/mol. The summed E-state index contributed by atoms with van der Waals surface area (Å²) >= 11 is 0. The summed E-state index contributed by atoms with van der Waals surface area (Å²) in [6.07, 6.45) is -4.42. The Labute approximate surface area is 277 Å². The highest BCUT2D eigenvalue weighted by Crippen LogP contribution is 2.52. The molecule has 0 unspecified atom stereocenters. The molecule has 48 heavy (non-hydrogen) atoms. The van der Waals surface area contributed by atoms with Crippen LogP contribution in [0.5, 0.6) is 11.5 Å². The van der Waals surface area contributed by atoms with E-state index in [1.165, 1.54) is 12.1 Å². The van der Waals surface area contributed by atoms with Crippen molar-refractivity contribution in [2.24, 2.45) is 0 Å². The predicted molar refractivity (Wildman–Crippen MR) is 188 cm³/mol. The maximum absolute atomic E-state index is 13.5. The van der Waals surface area contributed by atoms with Crippen LogP contribution in [-0.2, 0) is 6.18 Å². The highest BCUT2D eigenvalue weighted by Gasteiger charge is 2.31. The minimum Gasteiger partial charge on any atom is -0.453 e. The predicted octanol–water partition coefficient (Wildman–Crippen LogP) is 12.9. The largest absolute Gasteiger partial charge is 0.453 e. The Bertz CT molecular complexity index is 2080. The summed E-state index contributed by atoms with van der Waals surface area (Å²) < 4.78 is 47.0. The molecule has 0 aliphatic carbocycles. The summed E-state index contributed by atoms with van der Waals surface area (Å²) in [4.78, 5) is 1.96. The molecule has 2 nitrogen and oxygen atoms in total. The minimum absolute atomic E-state index is 0.605. The Balaban J connectivity index is 1.18. The molecule has 0 radical (unpaired) electrons. The second kappa shape index (κ2) is 11.9. The van der Waals surface area contributed by atoms with Gasteiger partial charge in [0.25, 0.3) is 0 Å². The van der Waals surface area contributed by atoms with Crippen molar-refractivity contribution in [3.05, 3.63) is 175 Å². The molecule has 0 amide bonds. The Morgan fingerprint density at radius 1 is 0.375 bits per heavy atom. The molecule has 0 N–H and O–H groups in total. The van der Waals surface area contributed by atoms with Gasteiger partial charge in [0.1, 0.15) is 0 Å². The van der Waals surface area contributed by atoms with Crippen molar-refractivity contribution in [3.8, 4) is 56.0 Å². The normalized spacial score (nSPS) is 12.2. The van der Waals surface area contributed by atoms with E-state index in [0.717, 1.165) is 68.0 Å². The van der Waals surface area contributed by atoms with Crippen LogP contribution in [-0.4, -0.2) is 0 Å². The average Bonchev–Trinajstić information content (AvgIpc) is 3.14. The minimum atomic E-state index is -4.42. The van der Waals surface area contributed by atoms with Gasteiger partial charge in [-0.25, -0.2) is 0 Å². The van der Waals surface area contributed by atoms with Crippen molar-refractivity contribution in [2.45, 2.75) is 6.18 Å². The van der Waals surface area contributed by atoms with Gasteiger partial charge >= 0.3 is 6.18 Å². The number of rotatable bonds is 5. The standard InChI is InChI=1S/C43H28F3NO/c44-43(45,46)37-21-23-38(24-22-37)47-39-25-19-35(33-15-11-31(12-16-33)29-7-3-1-4-8-29)27-41(39)48-42-28-36(20-26-40(42)47)34-17-13-32(14-18-34)30-9-5-2-6-10-30/h1-28H. The van der Waals surface area contributed by atoms with Gasteiger partial charge < -0.3 is 9.64 Å². The lowest BCUT2D eigenvalue weighted by Crippen LogP contribution is -2.16. The SMILES string of the molecule is FC(F)(F)c1ccc(N2c3ccc(-c4ccc(-c5ccccc5)cc4)cc3Oc3cc(-c4ccc(-c5ccccc5)cc4)ccc32)cc1. The number of ether oxygens (including phenoxy) is 1. The van der Waals surface area contributed by atoms with Crippen LogP contribution in [0.15, 0.2) is 170 Å². The summed E-state index contributed by atoms with van der Waals surface area (Å²) in [6.45, 7) is 0. The van der Waals surface area contributed by atoms with Gasteiger partial charge in [0, 0.05) is 5.69 Å². The fraction of sp³-hybridized carbons (Fsp3) is 0.0233. The molecule has 0 saturated heterocycles. The van der Waals surface area contributed by atoms with E-state index in [1.54, 1.807) is 0 Å². The first kappa shape index (κ1) is 29.3. The molecule has 1 aliphatic heterocycles. The van der Waals surface area contributed by atoms with Crippen molar-refractivity contribution in [3.63, 3.8) is 0 Å². The van der Waals surface area contributed by atoms with Gasteiger partial charge in [-0.3, -0.25) is 0 Å². The van der Waals surface area contributed by atoms with Crippen LogP contribution in [0, 0.1) is 0 Å². The molecular formula is C43H28F3NO. The smallest absolute Gasteiger partial charge is 0.416 e. The van der Waals surface area contributed by atoms with Crippen LogP contribution in [0.2, 0.25) is 0 Å². The van der Waals surface area contributed by atoms with Crippen LogP contribution < -0.4 is 9.64 Å². The van der Waals surface area contributed by atoms with Gasteiger partial charge in [0.05, 0.1) is 16.9 Å². The van der Waals surface area contributed by atoms with Crippen LogP contribution in [0.3, 0.4) is 0 Å². The first-order valence-corrected chi connectivity index (χ1v) is 15.7. The second-order valence-electron chi connectivity index (χ2n) is 11.7. The molecule has 5 heteroatoms. The summed E-state index contributed by atoms with van der Waals surface area (Å²) in [7, 11) is 0. The number of alkyl halides is 3. The number of benzene rings is 7. The Morgan fingerprint density at radius 2 is 0.729 bits per heavy atom. The molecule has 232 valence electrons. The number of halogens is 3. The molecule has 0 atom stereocenters. The van der Waals surface area contributed by atoms with E-state index in [9.17, 15) is 13.2 Å². The van der Waals surface area contributed by atoms with Gasteiger partial charge in [0.2, 0.25) is 0 Å². The fourth-order valence-electron chi connectivity index (χ4n) is 6.22. The molecule has 0 fully saturated rings. The second-order valence-corrected chi connectivity index (χ2v) is 11.7. The van der Waals surface area contributed by atoms with Crippen molar-refractivity contribution in [1.29, 1.82) is 0 Å². The Hall–Kier alpha value is -6.07. The zero-order valence-corrected chi connectivity index (χ0v) is 25.7. The topological polar surface area (TPSA) is 12.5 Å². The van der Waals surface area contributed by atoms with Crippen molar-refractivity contribution in [1.82, 2.24) is 0 Å². The van der Waals surface area contributed by atoms with Crippen LogP contribution in [0.25, 0.3) is 44.5 Å². The lowest BCUT2D eigenvalue weighted by Gasteiger charge is -2.33. The van der Waals surface area contributed by atoms with E-state index in [-0.39, 0.29) is 0 Å². The molecule has 7 aromatic carbocycles. The number of hydrogen-bond donors (Lipinski definition) is 0. The van der Waals surface area contributed by atoms with Gasteiger partial charge in [-0.2, -0.15) is 13.2 Å². The molecule has 1 aliphatic rings. The molecule has 0 bridgehead atoms. The van der Waals surface area contributed by atoms with Crippen molar-refractivity contribution < 1.29 is 17.9 Å². The molecular weight excluding hydrogens is 603 g/mol. The highest BCUT2D eigenvalue weighted by molar-refractivity contribution is 5.89. The fourth-order valence-corrected chi connectivity index (χ4v) is 6.22. The molecule has 1 heterocycles. The number of anilines is 3. The first-order valence-electron chi connectivity index (χ1n) is 15.7. The van der Waals surface area contributed by atoms with Gasteiger partial charge in [-0.05, 0) is 93.0 Å². The van der Waals surface area contributed by atoms with Crippen molar-refractivity contribution in [2.75, 3.05) is 4.90 Å². The van der Waals surface area contributed by atoms with Gasteiger partial charge in [0.15, 0.2) is 11.5 Å². The number of nitrogens with zero attached hydrogens (tertiary/aromatic N) is 1. The summed E-state index contributed by atoms with van der Waals surface area (Å²) in [5.41, 5.74) is 9.94. The number of fused-ring (bicyclic) bond motifs is 2. The Kier molecular flexibility index (Phi) is 7.30.